The molecule has 2 amide bonds. The van der Waals surface area contributed by atoms with Gasteiger partial charge in [0.1, 0.15) is 17.1 Å². The number of rotatable bonds is 4. The summed E-state index contributed by atoms with van der Waals surface area (Å²) >= 11 is 5.11. The fourth-order valence-electron chi connectivity index (χ4n) is 2.56. The lowest BCUT2D eigenvalue weighted by molar-refractivity contribution is -0.122. The van der Waals surface area contributed by atoms with Gasteiger partial charge in [-0.2, -0.15) is 0 Å². The van der Waals surface area contributed by atoms with Crippen LogP contribution in [0.25, 0.3) is 6.08 Å². The molecular formula is C20H17FN2O3S. The van der Waals surface area contributed by atoms with E-state index in [0.29, 0.717) is 17.0 Å². The molecule has 27 heavy (non-hydrogen) atoms. The molecule has 3 rings (SSSR count). The standard InChI is InChI=1S/C20H17FN2O3S/c1-12(2)26-16-9-3-13(4-10-16)11-17-18(24)22-20(27)23(19(17)25)15-7-5-14(21)6-8-15/h3-12H,1-2H3,(H,22,24,27)/b17-11-. The number of benzene rings is 2. The van der Waals surface area contributed by atoms with E-state index in [9.17, 15) is 14.0 Å². The summed E-state index contributed by atoms with van der Waals surface area (Å²) in [7, 11) is 0. The van der Waals surface area contributed by atoms with Gasteiger partial charge in [-0.3, -0.25) is 19.8 Å². The molecule has 0 aliphatic carbocycles. The van der Waals surface area contributed by atoms with Gasteiger partial charge in [-0.15, -0.1) is 0 Å². The molecule has 1 aliphatic rings. The molecular weight excluding hydrogens is 367 g/mol. The van der Waals surface area contributed by atoms with Crippen LogP contribution in [0, 0.1) is 5.82 Å². The molecule has 0 bridgehead atoms. The third-order valence-corrected chi connectivity index (χ3v) is 4.03. The smallest absolute Gasteiger partial charge is 0.270 e. The van der Waals surface area contributed by atoms with E-state index >= 15 is 0 Å². The average Bonchev–Trinajstić information content (AvgIpc) is 2.61. The van der Waals surface area contributed by atoms with Gasteiger partial charge in [-0.1, -0.05) is 12.1 Å². The highest BCUT2D eigenvalue weighted by atomic mass is 32.1. The van der Waals surface area contributed by atoms with Crippen LogP contribution in [0.1, 0.15) is 19.4 Å². The number of nitrogens with zero attached hydrogens (tertiary/aromatic N) is 1. The molecule has 5 nitrogen and oxygen atoms in total. The molecule has 0 saturated carbocycles. The van der Waals surface area contributed by atoms with Crippen LogP contribution in [-0.2, 0) is 9.59 Å². The number of amides is 2. The van der Waals surface area contributed by atoms with E-state index in [1.54, 1.807) is 24.3 Å². The maximum absolute atomic E-state index is 13.2. The zero-order chi connectivity index (χ0) is 19.6. The van der Waals surface area contributed by atoms with Crippen LogP contribution in [0.15, 0.2) is 54.1 Å². The van der Waals surface area contributed by atoms with Crippen molar-refractivity contribution in [2.24, 2.45) is 0 Å². The van der Waals surface area contributed by atoms with Gasteiger partial charge in [-0.25, -0.2) is 4.39 Å². The van der Waals surface area contributed by atoms with E-state index in [2.05, 4.69) is 5.32 Å². The monoisotopic (exact) mass is 384 g/mol. The van der Waals surface area contributed by atoms with Crippen molar-refractivity contribution in [1.29, 1.82) is 0 Å². The minimum Gasteiger partial charge on any atom is -0.491 e. The van der Waals surface area contributed by atoms with E-state index in [4.69, 9.17) is 17.0 Å². The molecule has 7 heteroatoms. The molecule has 1 heterocycles. The summed E-state index contributed by atoms with van der Waals surface area (Å²) in [6.45, 7) is 3.85. The van der Waals surface area contributed by atoms with Crippen molar-refractivity contribution >= 4 is 40.9 Å². The fraction of sp³-hybridized carbons (Fsp3) is 0.150. The minimum atomic E-state index is -0.578. The van der Waals surface area contributed by atoms with Crippen LogP contribution in [0.4, 0.5) is 10.1 Å². The van der Waals surface area contributed by atoms with Crippen LogP contribution in [0.5, 0.6) is 5.75 Å². The average molecular weight is 384 g/mol. The second-order valence-electron chi connectivity index (χ2n) is 6.17. The Kier molecular flexibility index (Phi) is 5.32. The zero-order valence-electron chi connectivity index (χ0n) is 14.7. The summed E-state index contributed by atoms with van der Waals surface area (Å²) in [5.41, 5.74) is 0.972. The molecule has 1 aliphatic heterocycles. The quantitative estimate of drug-likeness (QED) is 0.498. The third-order valence-electron chi connectivity index (χ3n) is 3.75. The first-order valence-electron chi connectivity index (χ1n) is 8.29. The maximum Gasteiger partial charge on any atom is 0.270 e. The molecule has 1 N–H and O–H groups in total. The Morgan fingerprint density at radius 3 is 2.30 bits per heavy atom. The van der Waals surface area contributed by atoms with E-state index in [1.165, 1.54) is 30.3 Å². The van der Waals surface area contributed by atoms with Crippen LogP contribution < -0.4 is 15.0 Å². The number of anilines is 1. The number of ether oxygens (including phenoxy) is 1. The Morgan fingerprint density at radius 2 is 1.70 bits per heavy atom. The molecule has 0 atom stereocenters. The van der Waals surface area contributed by atoms with Gasteiger partial charge >= 0.3 is 0 Å². The minimum absolute atomic E-state index is 0.0465. The number of halogens is 1. The van der Waals surface area contributed by atoms with Crippen molar-refractivity contribution in [3.63, 3.8) is 0 Å². The molecule has 138 valence electrons. The third kappa shape index (κ3) is 4.20. The van der Waals surface area contributed by atoms with Crippen LogP contribution in [0.3, 0.4) is 0 Å². The lowest BCUT2D eigenvalue weighted by Crippen LogP contribution is -2.54. The Bertz CT molecular complexity index is 921. The summed E-state index contributed by atoms with van der Waals surface area (Å²) in [4.78, 5) is 26.3. The van der Waals surface area contributed by atoms with Crippen molar-refractivity contribution in [3.8, 4) is 5.75 Å². The summed E-state index contributed by atoms with van der Waals surface area (Å²) < 4.78 is 18.7. The van der Waals surface area contributed by atoms with E-state index < -0.39 is 17.6 Å². The first-order valence-corrected chi connectivity index (χ1v) is 8.70. The first kappa shape index (κ1) is 18.7. The molecule has 0 spiro atoms. The van der Waals surface area contributed by atoms with Gasteiger partial charge in [0.2, 0.25) is 0 Å². The number of carbonyl (C=O) groups is 2. The van der Waals surface area contributed by atoms with E-state index in [1.807, 2.05) is 13.8 Å². The highest BCUT2D eigenvalue weighted by molar-refractivity contribution is 7.80. The van der Waals surface area contributed by atoms with Crippen molar-refractivity contribution in [2.45, 2.75) is 20.0 Å². The van der Waals surface area contributed by atoms with E-state index in [-0.39, 0.29) is 16.8 Å². The second kappa shape index (κ2) is 7.67. The number of nitrogens with one attached hydrogen (secondary N) is 1. The van der Waals surface area contributed by atoms with Crippen LogP contribution in [-0.4, -0.2) is 23.0 Å². The highest BCUT2D eigenvalue weighted by Gasteiger charge is 2.34. The van der Waals surface area contributed by atoms with Gasteiger partial charge in [-0.05, 0) is 74.1 Å². The number of hydrogen-bond acceptors (Lipinski definition) is 4. The van der Waals surface area contributed by atoms with E-state index in [0.717, 1.165) is 4.90 Å². The molecule has 2 aromatic carbocycles. The zero-order valence-corrected chi connectivity index (χ0v) is 15.5. The Hall–Kier alpha value is -3.06. The van der Waals surface area contributed by atoms with Gasteiger partial charge in [0.05, 0.1) is 11.8 Å². The van der Waals surface area contributed by atoms with Gasteiger partial charge in [0.15, 0.2) is 5.11 Å². The van der Waals surface area contributed by atoms with Gasteiger partial charge in [0, 0.05) is 0 Å². The summed E-state index contributed by atoms with van der Waals surface area (Å²) in [5, 5.41) is 2.44. The highest BCUT2D eigenvalue weighted by Crippen LogP contribution is 2.23. The molecule has 0 radical (unpaired) electrons. The maximum atomic E-state index is 13.2. The lowest BCUT2D eigenvalue weighted by Gasteiger charge is -2.28. The SMILES string of the molecule is CC(C)Oc1ccc(/C=C2/C(=O)NC(=S)N(c3ccc(F)cc3)C2=O)cc1. The van der Waals surface area contributed by atoms with Crippen molar-refractivity contribution in [2.75, 3.05) is 4.90 Å². The predicted molar refractivity (Wildman–Crippen MR) is 105 cm³/mol. The number of carbonyl (C=O) groups excluding carboxylic acids is 2. The van der Waals surface area contributed by atoms with Gasteiger partial charge < -0.3 is 4.74 Å². The molecule has 1 saturated heterocycles. The predicted octanol–water partition coefficient (Wildman–Crippen LogP) is 3.44. The largest absolute Gasteiger partial charge is 0.491 e. The lowest BCUT2D eigenvalue weighted by atomic mass is 10.1. The fourth-order valence-corrected chi connectivity index (χ4v) is 2.84. The second-order valence-corrected chi connectivity index (χ2v) is 6.56. The molecule has 2 aromatic rings. The summed E-state index contributed by atoms with van der Waals surface area (Å²) in [6.07, 6.45) is 1.53. The molecule has 0 unspecified atom stereocenters. The number of hydrogen-bond donors (Lipinski definition) is 1. The number of thiocarbonyl (C=S) groups is 1. The Labute approximate surface area is 161 Å². The van der Waals surface area contributed by atoms with Crippen LogP contribution >= 0.6 is 12.2 Å². The van der Waals surface area contributed by atoms with Crippen molar-refractivity contribution in [1.82, 2.24) is 5.32 Å². The molecule has 0 aromatic heterocycles. The van der Waals surface area contributed by atoms with Crippen LogP contribution in [0.2, 0.25) is 0 Å². The summed E-state index contributed by atoms with van der Waals surface area (Å²) in [5.74, 6) is -0.887. The topological polar surface area (TPSA) is 58.6 Å². The Balaban J connectivity index is 1.90. The molecule has 1 fully saturated rings. The summed E-state index contributed by atoms with van der Waals surface area (Å²) in [6, 6.07) is 12.3. The van der Waals surface area contributed by atoms with Gasteiger partial charge in [0.25, 0.3) is 11.8 Å². The Morgan fingerprint density at radius 1 is 1.07 bits per heavy atom. The normalized spacial score (nSPS) is 16.1. The van der Waals surface area contributed by atoms with Crippen molar-refractivity contribution < 1.29 is 18.7 Å². The first-order chi connectivity index (χ1) is 12.8. The van der Waals surface area contributed by atoms with Crippen molar-refractivity contribution in [3.05, 3.63) is 65.5 Å².